The van der Waals surface area contributed by atoms with Gasteiger partial charge in [-0.1, -0.05) is 15.9 Å². The van der Waals surface area contributed by atoms with Gasteiger partial charge in [-0.2, -0.15) is 0 Å². The summed E-state index contributed by atoms with van der Waals surface area (Å²) in [6.45, 7) is 0.518. The van der Waals surface area contributed by atoms with E-state index in [9.17, 15) is 9.59 Å². The van der Waals surface area contributed by atoms with E-state index in [-0.39, 0.29) is 16.8 Å². The maximum atomic E-state index is 13.3. The third-order valence-electron chi connectivity index (χ3n) is 4.78. The third kappa shape index (κ3) is 3.74. The number of thioether (sulfide) groups is 1. The summed E-state index contributed by atoms with van der Waals surface area (Å²) in [5.41, 5.74) is 0.648. The Kier molecular flexibility index (Phi) is 5.56. The summed E-state index contributed by atoms with van der Waals surface area (Å²) in [6, 6.07) is 12.4. The number of hydrogen-bond acceptors (Lipinski definition) is 6. The Bertz CT molecular complexity index is 1150. The van der Waals surface area contributed by atoms with Crippen LogP contribution < -0.4 is 15.1 Å². The molecule has 0 N–H and O–H groups in total. The summed E-state index contributed by atoms with van der Waals surface area (Å²) in [5, 5.41) is 0.398. The summed E-state index contributed by atoms with van der Waals surface area (Å²) in [5.74, 6) is 1.73. The Hall–Kier alpha value is -2.45. The normalized spacial score (nSPS) is 16.2. The Morgan fingerprint density at radius 3 is 2.76 bits per heavy atom. The van der Waals surface area contributed by atoms with Crippen LogP contribution in [-0.2, 0) is 0 Å². The van der Waals surface area contributed by atoms with Crippen molar-refractivity contribution in [3.8, 4) is 11.5 Å². The number of ether oxygens (including phenoxy) is 2. The lowest BCUT2D eigenvalue weighted by molar-refractivity contribution is 0.0755. The van der Waals surface area contributed by atoms with E-state index in [1.807, 2.05) is 24.3 Å². The molecular weight excluding hydrogens is 458 g/mol. The second-order valence-electron chi connectivity index (χ2n) is 6.46. The van der Waals surface area contributed by atoms with Gasteiger partial charge >= 0.3 is 5.63 Å². The lowest BCUT2D eigenvalue weighted by Crippen LogP contribution is -2.33. The minimum absolute atomic E-state index is 0.0185. The number of hydrogen-bond donors (Lipinski definition) is 0. The molecule has 1 saturated heterocycles. The van der Waals surface area contributed by atoms with E-state index < -0.39 is 5.63 Å². The molecule has 3 aromatic rings. The highest BCUT2D eigenvalue weighted by molar-refractivity contribution is 9.10. The highest BCUT2D eigenvalue weighted by Crippen LogP contribution is 2.43. The molecule has 1 atom stereocenters. The van der Waals surface area contributed by atoms with E-state index >= 15 is 0 Å². The highest BCUT2D eigenvalue weighted by Gasteiger charge is 2.34. The molecule has 1 aliphatic rings. The highest BCUT2D eigenvalue weighted by atomic mass is 79.9. The standard InChI is InChI=1S/C21H18BrNO5S/c1-26-14-4-6-18(27-2)15(11-14)20-23(7-8-29-20)19(24)16-10-12-9-13(22)3-5-17(12)28-21(16)25/h3-6,9-11,20H,7-8H2,1-2H3/t20-/m0/s1. The number of amides is 1. The van der Waals surface area contributed by atoms with E-state index in [4.69, 9.17) is 13.9 Å². The Morgan fingerprint density at radius 2 is 2.00 bits per heavy atom. The first-order valence-electron chi connectivity index (χ1n) is 8.89. The van der Waals surface area contributed by atoms with Crippen LogP contribution in [0.4, 0.5) is 0 Å². The molecule has 0 spiro atoms. The van der Waals surface area contributed by atoms with Gasteiger partial charge in [-0.3, -0.25) is 4.79 Å². The third-order valence-corrected chi connectivity index (χ3v) is 6.52. The van der Waals surface area contributed by atoms with Gasteiger partial charge in [-0.15, -0.1) is 11.8 Å². The average molecular weight is 476 g/mol. The molecule has 1 aliphatic heterocycles. The molecule has 29 heavy (non-hydrogen) atoms. The Balaban J connectivity index is 1.75. The van der Waals surface area contributed by atoms with Gasteiger partial charge in [0, 0.05) is 27.7 Å². The molecule has 1 aromatic heterocycles. The first kappa shape index (κ1) is 19.8. The number of halogens is 1. The largest absolute Gasteiger partial charge is 0.497 e. The van der Waals surface area contributed by atoms with Crippen LogP contribution in [0.3, 0.4) is 0 Å². The van der Waals surface area contributed by atoms with Gasteiger partial charge in [-0.25, -0.2) is 4.79 Å². The van der Waals surface area contributed by atoms with Crippen LogP contribution in [0, 0.1) is 0 Å². The van der Waals surface area contributed by atoms with Crippen LogP contribution in [0.1, 0.15) is 21.3 Å². The summed E-state index contributed by atoms with van der Waals surface area (Å²) >= 11 is 5.02. The van der Waals surface area contributed by atoms with E-state index in [2.05, 4.69) is 15.9 Å². The van der Waals surface area contributed by atoms with Crippen molar-refractivity contribution in [1.82, 2.24) is 4.90 Å². The van der Waals surface area contributed by atoms with Crippen LogP contribution in [0.2, 0.25) is 0 Å². The second-order valence-corrected chi connectivity index (χ2v) is 8.56. The second kappa shape index (κ2) is 8.12. The molecule has 8 heteroatoms. The Labute approximate surface area is 179 Å². The molecular formula is C21H18BrNO5S. The van der Waals surface area contributed by atoms with E-state index in [1.54, 1.807) is 49.1 Å². The van der Waals surface area contributed by atoms with Gasteiger partial charge in [0.15, 0.2) is 0 Å². The van der Waals surface area contributed by atoms with Crippen molar-refractivity contribution in [2.45, 2.75) is 5.37 Å². The number of carbonyl (C=O) groups is 1. The fraction of sp³-hybridized carbons (Fsp3) is 0.238. The van der Waals surface area contributed by atoms with Crippen molar-refractivity contribution in [3.05, 3.63) is 68.5 Å². The number of benzene rings is 2. The van der Waals surface area contributed by atoms with Crippen molar-refractivity contribution in [2.24, 2.45) is 0 Å². The van der Waals surface area contributed by atoms with Crippen LogP contribution in [-0.4, -0.2) is 37.3 Å². The van der Waals surface area contributed by atoms with Crippen LogP contribution in [0.15, 0.2) is 56.1 Å². The molecule has 1 fully saturated rings. The zero-order valence-corrected chi connectivity index (χ0v) is 18.2. The van der Waals surface area contributed by atoms with Gasteiger partial charge < -0.3 is 18.8 Å². The number of nitrogens with zero attached hydrogens (tertiary/aromatic N) is 1. The summed E-state index contributed by atoms with van der Waals surface area (Å²) in [7, 11) is 3.18. The molecule has 6 nitrogen and oxygen atoms in total. The minimum atomic E-state index is -0.641. The lowest BCUT2D eigenvalue weighted by Gasteiger charge is -2.25. The first-order valence-corrected chi connectivity index (χ1v) is 10.7. The Morgan fingerprint density at radius 1 is 1.17 bits per heavy atom. The quantitative estimate of drug-likeness (QED) is 0.518. The fourth-order valence-corrected chi connectivity index (χ4v) is 5.02. The van der Waals surface area contributed by atoms with Gasteiger partial charge in [0.2, 0.25) is 0 Å². The zero-order chi connectivity index (χ0) is 20.5. The van der Waals surface area contributed by atoms with E-state index in [1.165, 1.54) is 0 Å². The molecule has 2 heterocycles. The minimum Gasteiger partial charge on any atom is -0.497 e. The maximum Gasteiger partial charge on any atom is 0.349 e. The van der Waals surface area contributed by atoms with Crippen molar-refractivity contribution in [2.75, 3.05) is 26.5 Å². The van der Waals surface area contributed by atoms with Gasteiger partial charge in [0.25, 0.3) is 5.91 Å². The SMILES string of the molecule is COc1ccc(OC)c([C@@H]2SCCN2C(=O)c2cc3cc(Br)ccc3oc2=O)c1. The molecule has 0 bridgehead atoms. The van der Waals surface area contributed by atoms with Gasteiger partial charge in [0.05, 0.1) is 14.2 Å². The van der Waals surface area contributed by atoms with Crippen molar-refractivity contribution < 1.29 is 18.7 Å². The van der Waals surface area contributed by atoms with Crippen LogP contribution in [0.25, 0.3) is 11.0 Å². The summed E-state index contributed by atoms with van der Waals surface area (Å²) in [4.78, 5) is 27.5. The number of rotatable bonds is 4. The van der Waals surface area contributed by atoms with Crippen molar-refractivity contribution in [1.29, 1.82) is 0 Å². The first-order chi connectivity index (χ1) is 14.0. The molecule has 1 amide bonds. The molecule has 150 valence electrons. The van der Waals surface area contributed by atoms with E-state index in [0.29, 0.717) is 29.0 Å². The van der Waals surface area contributed by atoms with Crippen LogP contribution in [0.5, 0.6) is 11.5 Å². The summed E-state index contributed by atoms with van der Waals surface area (Å²) < 4.78 is 17.0. The maximum absolute atomic E-state index is 13.3. The van der Waals surface area contributed by atoms with Gasteiger partial charge in [0.1, 0.15) is 28.0 Å². The predicted molar refractivity (Wildman–Crippen MR) is 116 cm³/mol. The van der Waals surface area contributed by atoms with E-state index in [0.717, 1.165) is 15.8 Å². The molecule has 0 unspecified atom stereocenters. The predicted octanol–water partition coefficient (Wildman–Crippen LogP) is 4.46. The number of fused-ring (bicyclic) bond motifs is 1. The smallest absolute Gasteiger partial charge is 0.349 e. The average Bonchev–Trinajstić information content (AvgIpc) is 3.22. The number of methoxy groups -OCH3 is 2. The van der Waals surface area contributed by atoms with Gasteiger partial charge in [-0.05, 0) is 42.5 Å². The van der Waals surface area contributed by atoms with Crippen LogP contribution >= 0.6 is 27.7 Å². The summed E-state index contributed by atoms with van der Waals surface area (Å²) in [6.07, 6.45) is 0. The molecule has 0 aliphatic carbocycles. The monoisotopic (exact) mass is 475 g/mol. The number of carbonyl (C=O) groups excluding carboxylic acids is 1. The fourth-order valence-electron chi connectivity index (χ4n) is 3.37. The molecule has 0 saturated carbocycles. The van der Waals surface area contributed by atoms with Crippen molar-refractivity contribution >= 4 is 44.6 Å². The van der Waals surface area contributed by atoms with Crippen molar-refractivity contribution in [3.63, 3.8) is 0 Å². The topological polar surface area (TPSA) is 69.0 Å². The molecule has 2 aromatic carbocycles. The molecule has 4 rings (SSSR count). The zero-order valence-electron chi connectivity index (χ0n) is 15.8. The lowest BCUT2D eigenvalue weighted by atomic mass is 10.1. The molecule has 0 radical (unpaired) electrons.